The molecule has 2 nitrogen and oxygen atoms in total. The number of ether oxygens (including phenoxy) is 1. The van der Waals surface area contributed by atoms with Crippen LogP contribution in [-0.2, 0) is 0 Å². The quantitative estimate of drug-likeness (QED) is 0.696. The molecule has 0 bridgehead atoms. The lowest BCUT2D eigenvalue weighted by Gasteiger charge is -2.03. The molecule has 1 aromatic heterocycles. The van der Waals surface area contributed by atoms with Crippen LogP contribution in [0.2, 0.25) is 0 Å². The second-order valence-corrected chi connectivity index (χ2v) is 2.79. The van der Waals surface area contributed by atoms with Crippen molar-refractivity contribution in [3.63, 3.8) is 0 Å². The Morgan fingerprint density at radius 2 is 2.23 bits per heavy atom. The van der Waals surface area contributed by atoms with Crippen molar-refractivity contribution < 1.29 is 4.74 Å². The van der Waals surface area contributed by atoms with Crippen LogP contribution in [0.4, 0.5) is 0 Å². The lowest BCUT2D eigenvalue weighted by atomic mass is 10.2. The summed E-state index contributed by atoms with van der Waals surface area (Å²) in [5.74, 6) is 0.883. The van der Waals surface area contributed by atoms with E-state index in [0.717, 1.165) is 16.7 Å². The van der Waals surface area contributed by atoms with Crippen LogP contribution in [0.25, 0.3) is 10.9 Å². The Hall–Kier alpha value is -1.57. The average molecular weight is 173 g/mol. The van der Waals surface area contributed by atoms with Gasteiger partial charge in [-0.25, -0.2) is 0 Å². The molecule has 0 saturated carbocycles. The van der Waals surface area contributed by atoms with E-state index in [-0.39, 0.29) is 0 Å². The molecular formula is C11H11NO. The molecule has 2 aromatic rings. The molecule has 0 radical (unpaired) electrons. The molecule has 1 aromatic carbocycles. The predicted molar refractivity (Wildman–Crippen MR) is 52.9 cm³/mol. The van der Waals surface area contributed by atoms with Crippen molar-refractivity contribution in [3.8, 4) is 5.75 Å². The molecule has 2 heteroatoms. The average Bonchev–Trinajstić information content (AvgIpc) is 2.18. The molecule has 0 spiro atoms. The molecular weight excluding hydrogens is 162 g/mol. The molecule has 2 rings (SSSR count). The maximum Gasteiger partial charge on any atom is 0.121 e. The van der Waals surface area contributed by atoms with Gasteiger partial charge in [-0.15, -0.1) is 0 Å². The highest BCUT2D eigenvalue weighted by atomic mass is 16.5. The van der Waals surface area contributed by atoms with Gasteiger partial charge in [-0.1, -0.05) is 6.07 Å². The Labute approximate surface area is 77.2 Å². The fourth-order valence-corrected chi connectivity index (χ4v) is 1.30. The topological polar surface area (TPSA) is 22.1 Å². The Kier molecular flexibility index (Phi) is 2.13. The number of aromatic nitrogens is 1. The van der Waals surface area contributed by atoms with Crippen molar-refractivity contribution in [2.24, 2.45) is 0 Å². The van der Waals surface area contributed by atoms with Gasteiger partial charge in [-0.2, -0.15) is 0 Å². The normalized spacial score (nSPS) is 10.2. The van der Waals surface area contributed by atoms with E-state index in [1.807, 2.05) is 37.3 Å². The van der Waals surface area contributed by atoms with Crippen LogP contribution in [0.5, 0.6) is 5.75 Å². The summed E-state index contributed by atoms with van der Waals surface area (Å²) < 4.78 is 5.37. The van der Waals surface area contributed by atoms with Gasteiger partial charge in [0.2, 0.25) is 0 Å². The minimum absolute atomic E-state index is 0.693. The molecule has 0 saturated heterocycles. The highest BCUT2D eigenvalue weighted by Gasteiger charge is 1.95. The minimum atomic E-state index is 0.693. The second kappa shape index (κ2) is 3.44. The van der Waals surface area contributed by atoms with E-state index in [4.69, 9.17) is 4.74 Å². The minimum Gasteiger partial charge on any atom is -0.494 e. The first-order valence-electron chi connectivity index (χ1n) is 4.38. The second-order valence-electron chi connectivity index (χ2n) is 2.79. The third-order valence-corrected chi connectivity index (χ3v) is 1.89. The number of hydrogen-bond acceptors (Lipinski definition) is 2. The van der Waals surface area contributed by atoms with Gasteiger partial charge in [0.1, 0.15) is 5.75 Å². The third kappa shape index (κ3) is 1.61. The fraction of sp³-hybridized carbons (Fsp3) is 0.182. The Morgan fingerprint density at radius 1 is 1.31 bits per heavy atom. The standard InChI is InChI=1S/C11H11NO/c1-2-13-10-6-5-9-4-3-7-12-11(9)8-10/h3-8H,2H2,1H3. The zero-order valence-electron chi connectivity index (χ0n) is 7.53. The highest BCUT2D eigenvalue weighted by Crippen LogP contribution is 2.18. The molecule has 0 aliphatic heterocycles. The fourth-order valence-electron chi connectivity index (χ4n) is 1.30. The molecule has 0 amide bonds. The molecule has 13 heavy (non-hydrogen) atoms. The van der Waals surface area contributed by atoms with Crippen molar-refractivity contribution in [1.29, 1.82) is 0 Å². The third-order valence-electron chi connectivity index (χ3n) is 1.89. The summed E-state index contributed by atoms with van der Waals surface area (Å²) in [6.45, 7) is 2.67. The van der Waals surface area contributed by atoms with E-state index in [1.165, 1.54) is 0 Å². The van der Waals surface area contributed by atoms with Crippen molar-refractivity contribution in [2.45, 2.75) is 6.92 Å². The van der Waals surface area contributed by atoms with E-state index in [2.05, 4.69) is 4.98 Å². The molecule has 0 N–H and O–H groups in total. The van der Waals surface area contributed by atoms with Gasteiger partial charge in [-0.3, -0.25) is 4.98 Å². The SMILES string of the molecule is CCOc1ccc2cccnc2c1. The summed E-state index contributed by atoms with van der Waals surface area (Å²) in [4.78, 5) is 4.24. The van der Waals surface area contributed by atoms with E-state index in [0.29, 0.717) is 6.61 Å². The smallest absolute Gasteiger partial charge is 0.121 e. The van der Waals surface area contributed by atoms with Gasteiger partial charge in [0.05, 0.1) is 12.1 Å². The Balaban J connectivity index is 2.49. The lowest BCUT2D eigenvalue weighted by molar-refractivity contribution is 0.340. The predicted octanol–water partition coefficient (Wildman–Crippen LogP) is 2.63. The van der Waals surface area contributed by atoms with Crippen LogP contribution in [0.15, 0.2) is 36.5 Å². The van der Waals surface area contributed by atoms with Gasteiger partial charge >= 0.3 is 0 Å². The van der Waals surface area contributed by atoms with Gasteiger partial charge in [0.25, 0.3) is 0 Å². The molecule has 66 valence electrons. The van der Waals surface area contributed by atoms with E-state index < -0.39 is 0 Å². The van der Waals surface area contributed by atoms with Crippen LogP contribution < -0.4 is 4.74 Å². The number of nitrogens with zero attached hydrogens (tertiary/aromatic N) is 1. The zero-order valence-corrected chi connectivity index (χ0v) is 7.53. The Bertz CT molecular complexity index is 412. The van der Waals surface area contributed by atoms with E-state index in [9.17, 15) is 0 Å². The maximum atomic E-state index is 5.37. The molecule has 0 fully saturated rings. The molecule has 0 aliphatic rings. The Morgan fingerprint density at radius 3 is 3.08 bits per heavy atom. The molecule has 0 atom stereocenters. The molecule has 1 heterocycles. The summed E-state index contributed by atoms with van der Waals surface area (Å²) in [7, 11) is 0. The number of pyridine rings is 1. The first-order valence-corrected chi connectivity index (χ1v) is 4.38. The summed E-state index contributed by atoms with van der Waals surface area (Å²) in [6.07, 6.45) is 1.79. The first kappa shape index (κ1) is 8.05. The lowest BCUT2D eigenvalue weighted by Crippen LogP contribution is -1.90. The van der Waals surface area contributed by atoms with Crippen LogP contribution >= 0.6 is 0 Å². The monoisotopic (exact) mass is 173 g/mol. The van der Waals surface area contributed by atoms with Crippen molar-refractivity contribution in [2.75, 3.05) is 6.61 Å². The van der Waals surface area contributed by atoms with Gasteiger partial charge in [-0.05, 0) is 25.1 Å². The van der Waals surface area contributed by atoms with Crippen LogP contribution in [0.3, 0.4) is 0 Å². The van der Waals surface area contributed by atoms with Gasteiger partial charge < -0.3 is 4.74 Å². The number of benzene rings is 1. The van der Waals surface area contributed by atoms with Crippen molar-refractivity contribution in [1.82, 2.24) is 4.98 Å². The van der Waals surface area contributed by atoms with Gasteiger partial charge in [0.15, 0.2) is 0 Å². The number of fused-ring (bicyclic) bond motifs is 1. The zero-order chi connectivity index (χ0) is 9.10. The van der Waals surface area contributed by atoms with Crippen LogP contribution in [0.1, 0.15) is 6.92 Å². The van der Waals surface area contributed by atoms with Gasteiger partial charge in [0, 0.05) is 17.6 Å². The van der Waals surface area contributed by atoms with Crippen LogP contribution in [-0.4, -0.2) is 11.6 Å². The van der Waals surface area contributed by atoms with Crippen molar-refractivity contribution in [3.05, 3.63) is 36.5 Å². The largest absolute Gasteiger partial charge is 0.494 e. The van der Waals surface area contributed by atoms with E-state index >= 15 is 0 Å². The number of rotatable bonds is 2. The maximum absolute atomic E-state index is 5.37. The molecule has 0 unspecified atom stereocenters. The highest BCUT2D eigenvalue weighted by molar-refractivity contribution is 5.79. The van der Waals surface area contributed by atoms with Crippen LogP contribution in [0, 0.1) is 0 Å². The molecule has 0 aliphatic carbocycles. The number of hydrogen-bond donors (Lipinski definition) is 0. The summed E-state index contributed by atoms with van der Waals surface area (Å²) in [5, 5.41) is 1.14. The van der Waals surface area contributed by atoms with Crippen molar-refractivity contribution >= 4 is 10.9 Å². The summed E-state index contributed by atoms with van der Waals surface area (Å²) in [5.41, 5.74) is 0.980. The summed E-state index contributed by atoms with van der Waals surface area (Å²) >= 11 is 0. The first-order chi connectivity index (χ1) is 6.40. The summed E-state index contributed by atoms with van der Waals surface area (Å²) in [6, 6.07) is 9.92. The van der Waals surface area contributed by atoms with E-state index in [1.54, 1.807) is 6.20 Å².